The number of rotatable bonds is 4. The van der Waals surface area contributed by atoms with Gasteiger partial charge in [0, 0.05) is 6.08 Å². The Morgan fingerprint density at radius 3 is 1.83 bits per heavy atom. The summed E-state index contributed by atoms with van der Waals surface area (Å²) in [6.45, 7) is 5.81. The predicted octanol–water partition coefficient (Wildman–Crippen LogP) is 3.51. The molecule has 0 aromatic rings. The molecule has 0 rings (SSSR count). The van der Waals surface area contributed by atoms with Gasteiger partial charge in [-0.15, -0.1) is 6.58 Å². The van der Waals surface area contributed by atoms with Crippen LogP contribution in [0.15, 0.2) is 24.1 Å². The maximum atomic E-state index is 12.4. The molecular weight excluding hydrogens is 282 g/mol. The van der Waals surface area contributed by atoms with Gasteiger partial charge in [-0.25, -0.2) is 0 Å². The van der Waals surface area contributed by atoms with Crippen molar-refractivity contribution in [2.24, 2.45) is 0 Å². The summed E-state index contributed by atoms with van der Waals surface area (Å²) in [5, 5.41) is 0. The van der Waals surface area contributed by atoms with Crippen LogP contribution in [0.3, 0.4) is 0 Å². The van der Waals surface area contributed by atoms with E-state index in [0.29, 0.717) is 0 Å². The van der Waals surface area contributed by atoms with Crippen LogP contribution in [0, 0.1) is 0 Å². The van der Waals surface area contributed by atoms with E-state index in [9.17, 15) is 31.1 Å². The van der Waals surface area contributed by atoms with Gasteiger partial charge >= 0.3 is 12.4 Å². The highest BCUT2D eigenvalue weighted by Gasteiger charge is 2.44. The third kappa shape index (κ3) is 5.39. The van der Waals surface area contributed by atoms with E-state index in [4.69, 9.17) is 0 Å². The van der Waals surface area contributed by atoms with Crippen molar-refractivity contribution in [3.63, 3.8) is 0 Å². The van der Waals surface area contributed by atoms with Crippen molar-refractivity contribution in [1.82, 2.24) is 0 Å². The summed E-state index contributed by atoms with van der Waals surface area (Å²) in [4.78, 5) is 10.5. The minimum atomic E-state index is -5.38. The fourth-order valence-corrected chi connectivity index (χ4v) is 1.52. The summed E-state index contributed by atoms with van der Waals surface area (Å²) in [5.74, 6) is -4.58. The molecule has 0 unspecified atom stereocenters. The molecule has 9 heteroatoms. The minimum absolute atomic E-state index is 0.585. The Hall–Kier alpha value is -1.25. The van der Waals surface area contributed by atoms with Crippen molar-refractivity contribution in [3.05, 3.63) is 24.1 Å². The number of hydrogen-bond acceptors (Lipinski definition) is 2. The first-order chi connectivity index (χ1) is 7.79. The number of hydrogen-bond donors (Lipinski definition) is 0. The third-order valence-electron chi connectivity index (χ3n) is 1.69. The van der Waals surface area contributed by atoms with Crippen LogP contribution < -0.4 is 0 Å². The molecule has 0 aromatic carbocycles. The number of carbonyl (C=O) groups is 1. The Labute approximate surface area is 100 Å². The fraction of sp³-hybridized carbons (Fsp3) is 0.444. The standard InChI is InChI=1S/C9H10F6O2Si/c1-4-18(2,3)17-7(9(13,14)15)5-6(16)8(10,11)12/h4-5H,1H2,2-3H3/b7-5-. The summed E-state index contributed by atoms with van der Waals surface area (Å²) >= 11 is 0. The third-order valence-corrected chi connectivity index (χ3v) is 3.41. The van der Waals surface area contributed by atoms with Gasteiger partial charge in [0.15, 0.2) is 5.76 Å². The zero-order valence-corrected chi connectivity index (χ0v) is 10.4. The van der Waals surface area contributed by atoms with E-state index in [0.717, 1.165) is 5.70 Å². The highest BCUT2D eigenvalue weighted by atomic mass is 28.4. The van der Waals surface area contributed by atoms with Crippen molar-refractivity contribution < 1.29 is 35.6 Å². The van der Waals surface area contributed by atoms with Crippen molar-refractivity contribution in [2.45, 2.75) is 25.4 Å². The molecule has 0 bridgehead atoms. The SMILES string of the molecule is C=C[Si](C)(C)O/C(=C\C(=O)C(F)(F)F)C(F)(F)F. The summed E-state index contributed by atoms with van der Waals surface area (Å²) < 4.78 is 77.3. The van der Waals surface area contributed by atoms with Crippen molar-refractivity contribution in [2.75, 3.05) is 0 Å². The molecule has 0 fully saturated rings. The maximum absolute atomic E-state index is 12.4. The van der Waals surface area contributed by atoms with E-state index in [2.05, 4.69) is 11.0 Å². The molecule has 2 nitrogen and oxygen atoms in total. The van der Waals surface area contributed by atoms with Crippen molar-refractivity contribution in [3.8, 4) is 0 Å². The minimum Gasteiger partial charge on any atom is -0.537 e. The molecule has 0 aliphatic rings. The monoisotopic (exact) mass is 292 g/mol. The smallest absolute Gasteiger partial charge is 0.454 e. The molecule has 0 amide bonds. The lowest BCUT2D eigenvalue weighted by Crippen LogP contribution is -2.33. The van der Waals surface area contributed by atoms with Crippen LogP contribution in [0.1, 0.15) is 0 Å². The maximum Gasteiger partial charge on any atom is 0.454 e. The van der Waals surface area contributed by atoms with E-state index in [1.54, 1.807) is 0 Å². The van der Waals surface area contributed by atoms with Crippen LogP contribution in [0.25, 0.3) is 0 Å². The Balaban J connectivity index is 5.35. The number of alkyl halides is 6. The van der Waals surface area contributed by atoms with Gasteiger partial charge in [0.2, 0.25) is 0 Å². The molecular formula is C9H10F6O2Si. The fourth-order valence-electron chi connectivity index (χ4n) is 0.695. The second-order valence-electron chi connectivity index (χ2n) is 3.78. The molecule has 0 spiro atoms. The number of carbonyl (C=O) groups excluding carboxylic acids is 1. The van der Waals surface area contributed by atoms with Gasteiger partial charge < -0.3 is 4.43 Å². The second-order valence-corrected chi connectivity index (χ2v) is 7.60. The topological polar surface area (TPSA) is 26.3 Å². The first-order valence-corrected chi connectivity index (χ1v) is 7.51. The van der Waals surface area contributed by atoms with E-state index in [1.165, 1.54) is 13.1 Å². The van der Waals surface area contributed by atoms with Gasteiger partial charge in [0.1, 0.15) is 0 Å². The van der Waals surface area contributed by atoms with E-state index in [1.807, 2.05) is 0 Å². The van der Waals surface area contributed by atoms with Crippen LogP contribution in [-0.2, 0) is 9.22 Å². The average molecular weight is 292 g/mol. The summed E-state index contributed by atoms with van der Waals surface area (Å²) in [5.41, 5.74) is 1.10. The lowest BCUT2D eigenvalue weighted by molar-refractivity contribution is -0.166. The predicted molar refractivity (Wildman–Crippen MR) is 54.0 cm³/mol. The zero-order valence-electron chi connectivity index (χ0n) is 9.45. The van der Waals surface area contributed by atoms with Gasteiger partial charge in [0.25, 0.3) is 14.1 Å². The molecule has 0 saturated heterocycles. The van der Waals surface area contributed by atoms with Crippen molar-refractivity contribution in [1.29, 1.82) is 0 Å². The normalized spacial score (nSPS) is 14.3. The van der Waals surface area contributed by atoms with Gasteiger partial charge in [0.05, 0.1) is 0 Å². The molecule has 0 saturated carbocycles. The number of allylic oxidation sites excluding steroid dienone is 2. The molecule has 18 heavy (non-hydrogen) atoms. The van der Waals surface area contributed by atoms with Crippen LogP contribution in [-0.4, -0.2) is 26.5 Å². The molecule has 0 N–H and O–H groups in total. The van der Waals surface area contributed by atoms with Gasteiger partial charge in [-0.05, 0) is 13.1 Å². The first-order valence-electron chi connectivity index (χ1n) is 4.52. The highest BCUT2D eigenvalue weighted by Crippen LogP contribution is 2.31. The van der Waals surface area contributed by atoms with Crippen molar-refractivity contribution >= 4 is 14.1 Å². The second kappa shape index (κ2) is 5.17. The van der Waals surface area contributed by atoms with E-state index >= 15 is 0 Å². The van der Waals surface area contributed by atoms with E-state index < -0.39 is 38.3 Å². The number of halogens is 6. The molecule has 0 aliphatic carbocycles. The molecule has 0 radical (unpaired) electrons. The van der Waals surface area contributed by atoms with Crippen LogP contribution in [0.4, 0.5) is 26.3 Å². The zero-order chi connectivity index (χ0) is 14.8. The van der Waals surface area contributed by atoms with Gasteiger partial charge in [-0.1, -0.05) is 5.70 Å². The average Bonchev–Trinajstić information content (AvgIpc) is 2.13. The summed E-state index contributed by atoms with van der Waals surface area (Å²) in [6, 6.07) is 0. The summed E-state index contributed by atoms with van der Waals surface area (Å²) in [7, 11) is -3.02. The first kappa shape index (κ1) is 16.7. The lowest BCUT2D eigenvalue weighted by atomic mass is 10.3. The highest BCUT2D eigenvalue weighted by molar-refractivity contribution is 6.76. The number of ketones is 1. The van der Waals surface area contributed by atoms with Gasteiger partial charge in [-0.3, -0.25) is 4.79 Å². The molecule has 0 atom stereocenters. The molecule has 0 aliphatic heterocycles. The lowest BCUT2D eigenvalue weighted by Gasteiger charge is -2.23. The Morgan fingerprint density at radius 2 is 1.56 bits per heavy atom. The van der Waals surface area contributed by atoms with Crippen LogP contribution in [0.5, 0.6) is 0 Å². The Kier molecular flexibility index (Phi) is 4.81. The summed E-state index contributed by atoms with van der Waals surface area (Å²) in [6.07, 6.45) is -11.1. The van der Waals surface area contributed by atoms with Gasteiger partial charge in [-0.2, -0.15) is 26.3 Å². The molecule has 0 aromatic heterocycles. The van der Waals surface area contributed by atoms with Crippen LogP contribution >= 0.6 is 0 Å². The quantitative estimate of drug-likeness (QED) is 0.343. The van der Waals surface area contributed by atoms with E-state index in [-0.39, 0.29) is 0 Å². The molecule has 0 heterocycles. The largest absolute Gasteiger partial charge is 0.537 e. The molecule has 104 valence electrons. The Bertz CT molecular complexity index is 366. The van der Waals surface area contributed by atoms with Crippen LogP contribution in [0.2, 0.25) is 13.1 Å². The Morgan fingerprint density at radius 1 is 1.11 bits per heavy atom.